The molecule has 0 aliphatic carbocycles. The maximum absolute atomic E-state index is 5.49. The average molecular weight is 619 g/mol. The van der Waals surface area contributed by atoms with E-state index in [0.29, 0.717) is 17.5 Å². The molecule has 9 rings (SSSR count). The Morgan fingerprint density at radius 3 is 1.57 bits per heavy atom. The van der Waals surface area contributed by atoms with Crippen LogP contribution in [0.4, 0.5) is 0 Å². The van der Waals surface area contributed by atoms with E-state index in [2.05, 4.69) is 97.1 Å². The molecule has 0 N–H and O–H groups in total. The van der Waals surface area contributed by atoms with Crippen molar-refractivity contribution in [2.45, 2.75) is 0 Å². The van der Waals surface area contributed by atoms with Crippen LogP contribution in [0, 0.1) is 0 Å². The van der Waals surface area contributed by atoms with E-state index in [0.717, 1.165) is 44.6 Å². The molecule has 0 unspecified atom stereocenters. The first-order valence-electron chi connectivity index (χ1n) is 15.6. The lowest BCUT2D eigenvalue weighted by atomic mass is 9.97. The number of para-hydroxylation sites is 1. The fraction of sp³-hybridized carbons (Fsp3) is 0. The van der Waals surface area contributed by atoms with Gasteiger partial charge in [0, 0.05) is 53.4 Å². The third-order valence-electron chi connectivity index (χ3n) is 8.51. The van der Waals surface area contributed by atoms with Crippen LogP contribution in [-0.2, 0) is 0 Å². The first-order chi connectivity index (χ1) is 23.3. The zero-order chi connectivity index (χ0) is 31.2. The molecule has 0 saturated carbocycles. The molecule has 0 saturated heterocycles. The summed E-state index contributed by atoms with van der Waals surface area (Å²) in [5.74, 6) is 1.90. The van der Waals surface area contributed by atoms with E-state index in [1.54, 1.807) is 0 Å². The molecule has 6 aromatic carbocycles. The van der Waals surface area contributed by atoms with Gasteiger partial charge < -0.3 is 0 Å². The quantitative estimate of drug-likeness (QED) is 0.193. The Bertz CT molecular complexity index is 2500. The molecular weight excluding hydrogens is 593 g/mol. The Kier molecular flexibility index (Phi) is 6.61. The van der Waals surface area contributed by atoms with Gasteiger partial charge in [-0.05, 0) is 17.7 Å². The third kappa shape index (κ3) is 4.85. The summed E-state index contributed by atoms with van der Waals surface area (Å²) in [7, 11) is 0. The molecule has 0 bridgehead atoms. The van der Waals surface area contributed by atoms with Crippen LogP contribution in [0.5, 0.6) is 0 Å². The van der Waals surface area contributed by atoms with Crippen molar-refractivity contribution in [2.75, 3.05) is 0 Å². The molecule has 0 aliphatic heterocycles. The summed E-state index contributed by atoms with van der Waals surface area (Å²) in [5, 5.41) is 3.55. The van der Waals surface area contributed by atoms with Crippen LogP contribution in [0.3, 0.4) is 0 Å². The Balaban J connectivity index is 1.29. The lowest BCUT2D eigenvalue weighted by molar-refractivity contribution is 1.07. The summed E-state index contributed by atoms with van der Waals surface area (Å²) < 4.78 is 2.49. The summed E-state index contributed by atoms with van der Waals surface area (Å²) in [6.07, 6.45) is 0. The van der Waals surface area contributed by atoms with Crippen molar-refractivity contribution in [2.24, 2.45) is 0 Å². The van der Waals surface area contributed by atoms with Gasteiger partial charge >= 0.3 is 0 Å². The summed E-state index contributed by atoms with van der Waals surface area (Å²) >= 11 is 1.83. The molecule has 0 fully saturated rings. The molecule has 0 aliphatic rings. The first-order valence-corrected chi connectivity index (χ1v) is 16.4. The second kappa shape index (κ2) is 11.4. The summed E-state index contributed by atoms with van der Waals surface area (Å²) in [5.41, 5.74) is 8.04. The molecular formula is C42H26N4S. The van der Waals surface area contributed by atoms with Gasteiger partial charge in [-0.25, -0.2) is 19.9 Å². The van der Waals surface area contributed by atoms with Crippen molar-refractivity contribution >= 4 is 42.4 Å². The van der Waals surface area contributed by atoms with Crippen molar-refractivity contribution in [3.63, 3.8) is 0 Å². The minimum Gasteiger partial charge on any atom is -0.246 e. The molecule has 0 radical (unpaired) electrons. The third-order valence-corrected chi connectivity index (χ3v) is 9.72. The van der Waals surface area contributed by atoms with Crippen LogP contribution in [0.25, 0.3) is 87.6 Å². The summed E-state index contributed by atoms with van der Waals surface area (Å²) in [6, 6.07) is 54.3. The average Bonchev–Trinajstić information content (AvgIpc) is 3.55. The summed E-state index contributed by atoms with van der Waals surface area (Å²) in [6.45, 7) is 0. The largest absolute Gasteiger partial charge is 0.246 e. The molecule has 47 heavy (non-hydrogen) atoms. The highest BCUT2D eigenvalue weighted by molar-refractivity contribution is 7.26. The normalized spacial score (nSPS) is 11.4. The van der Waals surface area contributed by atoms with Gasteiger partial charge in [0.25, 0.3) is 0 Å². The minimum absolute atomic E-state index is 0.622. The lowest BCUT2D eigenvalue weighted by Gasteiger charge is -2.13. The van der Waals surface area contributed by atoms with Crippen LogP contribution >= 0.6 is 11.3 Å². The number of pyridine rings is 1. The van der Waals surface area contributed by atoms with Crippen LogP contribution in [0.15, 0.2) is 158 Å². The van der Waals surface area contributed by atoms with E-state index in [1.165, 1.54) is 25.6 Å². The molecule has 0 atom stereocenters. The van der Waals surface area contributed by atoms with Gasteiger partial charge in [-0.2, -0.15) is 0 Å². The Hall–Kier alpha value is -6.04. The maximum atomic E-state index is 5.49. The van der Waals surface area contributed by atoms with E-state index in [9.17, 15) is 0 Å². The first kappa shape index (κ1) is 27.3. The second-order valence-corrected chi connectivity index (χ2v) is 12.5. The molecule has 3 aromatic heterocycles. The standard InChI is InChI=1S/C42H26N4S/c1-4-14-27(15-5-1)32-23-13-24-34-38(32)43-37(36-33-22-10-11-25-35(33)47-39(34)36)30-20-12-21-31(26-30)42-45-40(28-16-6-2-7-17-28)44-41(46-42)29-18-8-3-9-19-29/h1-26H. The monoisotopic (exact) mass is 618 g/mol. The van der Waals surface area contributed by atoms with Gasteiger partial charge in [0.1, 0.15) is 0 Å². The second-order valence-electron chi connectivity index (χ2n) is 11.4. The van der Waals surface area contributed by atoms with Crippen LogP contribution in [0.2, 0.25) is 0 Å². The van der Waals surface area contributed by atoms with Crippen LogP contribution in [-0.4, -0.2) is 19.9 Å². The van der Waals surface area contributed by atoms with Crippen molar-refractivity contribution in [3.05, 3.63) is 158 Å². The van der Waals surface area contributed by atoms with Gasteiger partial charge in [0.15, 0.2) is 17.5 Å². The predicted octanol–water partition coefficient (Wildman–Crippen LogP) is 11.1. The molecule has 0 amide bonds. The van der Waals surface area contributed by atoms with Crippen molar-refractivity contribution in [3.8, 4) is 56.5 Å². The topological polar surface area (TPSA) is 51.6 Å². The Labute approximate surface area is 275 Å². The van der Waals surface area contributed by atoms with Gasteiger partial charge in [-0.1, -0.05) is 146 Å². The summed E-state index contributed by atoms with van der Waals surface area (Å²) in [4.78, 5) is 20.4. The Morgan fingerprint density at radius 1 is 0.383 bits per heavy atom. The molecule has 9 aromatic rings. The minimum atomic E-state index is 0.622. The van der Waals surface area contributed by atoms with E-state index in [1.807, 2.05) is 72.0 Å². The lowest BCUT2D eigenvalue weighted by Crippen LogP contribution is -2.00. The highest BCUT2D eigenvalue weighted by Crippen LogP contribution is 2.44. The van der Waals surface area contributed by atoms with Crippen molar-refractivity contribution in [1.29, 1.82) is 0 Å². The fourth-order valence-corrected chi connectivity index (χ4v) is 7.52. The molecule has 5 heteroatoms. The van der Waals surface area contributed by atoms with Crippen molar-refractivity contribution < 1.29 is 0 Å². The smallest absolute Gasteiger partial charge is 0.164 e. The van der Waals surface area contributed by atoms with Gasteiger partial charge in [-0.15, -0.1) is 11.3 Å². The Morgan fingerprint density at radius 2 is 0.894 bits per heavy atom. The molecule has 220 valence electrons. The maximum Gasteiger partial charge on any atom is 0.164 e. The number of rotatable bonds is 5. The van der Waals surface area contributed by atoms with Gasteiger partial charge in [-0.3, -0.25) is 0 Å². The highest BCUT2D eigenvalue weighted by Gasteiger charge is 2.19. The van der Waals surface area contributed by atoms with Gasteiger partial charge in [0.2, 0.25) is 0 Å². The molecule has 0 spiro atoms. The van der Waals surface area contributed by atoms with E-state index < -0.39 is 0 Å². The number of fused-ring (bicyclic) bond motifs is 5. The SMILES string of the molecule is c1ccc(-c2nc(-c3ccccc3)nc(-c3cccc(-c4nc5c(-c6ccccc6)cccc5c5sc6ccccc6c45)c3)n2)cc1. The number of benzene rings is 6. The zero-order valence-electron chi connectivity index (χ0n) is 25.2. The highest BCUT2D eigenvalue weighted by atomic mass is 32.1. The fourth-order valence-electron chi connectivity index (χ4n) is 6.29. The van der Waals surface area contributed by atoms with Crippen molar-refractivity contribution in [1.82, 2.24) is 19.9 Å². The van der Waals surface area contributed by atoms with Crippen LogP contribution < -0.4 is 0 Å². The number of hydrogen-bond acceptors (Lipinski definition) is 5. The zero-order valence-corrected chi connectivity index (χ0v) is 26.0. The van der Waals surface area contributed by atoms with Crippen LogP contribution in [0.1, 0.15) is 0 Å². The molecule has 3 heterocycles. The number of nitrogens with zero attached hydrogens (tertiary/aromatic N) is 4. The number of aromatic nitrogens is 4. The van der Waals surface area contributed by atoms with E-state index >= 15 is 0 Å². The van der Waals surface area contributed by atoms with E-state index in [-0.39, 0.29) is 0 Å². The number of thiophene rings is 1. The van der Waals surface area contributed by atoms with E-state index in [4.69, 9.17) is 19.9 Å². The predicted molar refractivity (Wildman–Crippen MR) is 195 cm³/mol. The number of hydrogen-bond donors (Lipinski definition) is 0. The van der Waals surface area contributed by atoms with Gasteiger partial charge in [0.05, 0.1) is 11.2 Å². The molecule has 4 nitrogen and oxygen atoms in total.